The van der Waals surface area contributed by atoms with Crippen molar-refractivity contribution in [2.75, 3.05) is 0 Å². The topological polar surface area (TPSA) is 66.7 Å². The Morgan fingerprint density at radius 1 is 1.12 bits per heavy atom. The van der Waals surface area contributed by atoms with Gasteiger partial charge in [0.2, 0.25) is 11.5 Å². The first-order valence-electron chi connectivity index (χ1n) is 4.31. The van der Waals surface area contributed by atoms with Crippen molar-refractivity contribution in [2.45, 2.75) is 6.18 Å². The molecule has 0 aliphatic carbocycles. The molecule has 1 aromatic carbocycles. The van der Waals surface area contributed by atoms with Crippen LogP contribution in [0.5, 0.6) is 0 Å². The van der Waals surface area contributed by atoms with E-state index in [0.29, 0.717) is 0 Å². The summed E-state index contributed by atoms with van der Waals surface area (Å²) >= 11 is 0. The molecule has 1 aromatic rings. The number of oxime groups is 1. The molecule has 0 saturated heterocycles. The van der Waals surface area contributed by atoms with Gasteiger partial charge in [0.1, 0.15) is 0 Å². The summed E-state index contributed by atoms with van der Waals surface area (Å²) in [5, 5.41) is 10.5. The van der Waals surface area contributed by atoms with Gasteiger partial charge in [-0.05, 0) is 0 Å². The summed E-state index contributed by atoms with van der Waals surface area (Å²) < 4.78 is 36.2. The Kier molecular flexibility index (Phi) is 3.62. The Morgan fingerprint density at radius 2 is 1.65 bits per heavy atom. The lowest BCUT2D eigenvalue weighted by Gasteiger charge is -2.05. The van der Waals surface area contributed by atoms with Crippen molar-refractivity contribution in [3.63, 3.8) is 0 Å². The van der Waals surface area contributed by atoms with E-state index >= 15 is 0 Å². The predicted molar refractivity (Wildman–Crippen MR) is 51.1 cm³/mol. The first kappa shape index (κ1) is 12.9. The normalized spacial score (nSPS) is 12.3. The highest BCUT2D eigenvalue weighted by atomic mass is 19.4. The number of carbonyl (C=O) groups is 2. The molecular weight excluding hydrogens is 239 g/mol. The van der Waals surface area contributed by atoms with Gasteiger partial charge in [-0.2, -0.15) is 13.2 Å². The van der Waals surface area contributed by atoms with Crippen LogP contribution < -0.4 is 0 Å². The third-order valence-electron chi connectivity index (χ3n) is 1.82. The summed E-state index contributed by atoms with van der Waals surface area (Å²) in [6.45, 7) is 0. The van der Waals surface area contributed by atoms with Crippen molar-refractivity contribution in [3.05, 3.63) is 35.9 Å². The fourth-order valence-corrected chi connectivity index (χ4v) is 1.05. The minimum atomic E-state index is -5.26. The van der Waals surface area contributed by atoms with Crippen LogP contribution in [0.1, 0.15) is 10.4 Å². The standard InChI is InChI=1S/C10H6F3NO3/c11-10(12,13)9(16)7(14-17)8(15)6-4-2-1-3-5-6/h1-5,17H/b14-7-. The van der Waals surface area contributed by atoms with Crippen molar-refractivity contribution < 1.29 is 28.0 Å². The lowest BCUT2D eigenvalue weighted by atomic mass is 10.0. The summed E-state index contributed by atoms with van der Waals surface area (Å²) in [5.74, 6) is -3.76. The summed E-state index contributed by atoms with van der Waals surface area (Å²) in [7, 11) is 0. The van der Waals surface area contributed by atoms with Crippen LogP contribution in [0.4, 0.5) is 13.2 Å². The van der Waals surface area contributed by atoms with E-state index in [1.54, 1.807) is 0 Å². The number of Topliss-reactive ketones (excluding diaryl/α,β-unsaturated/α-hetero) is 2. The van der Waals surface area contributed by atoms with Gasteiger partial charge in [-0.25, -0.2) is 0 Å². The van der Waals surface area contributed by atoms with Gasteiger partial charge in [0.25, 0.3) is 5.78 Å². The highest BCUT2D eigenvalue weighted by Gasteiger charge is 2.44. The molecule has 90 valence electrons. The first-order valence-corrected chi connectivity index (χ1v) is 4.31. The molecule has 0 saturated carbocycles. The van der Waals surface area contributed by atoms with Gasteiger partial charge < -0.3 is 5.21 Å². The number of rotatable bonds is 3. The van der Waals surface area contributed by atoms with Gasteiger partial charge in [0.15, 0.2) is 0 Å². The lowest BCUT2D eigenvalue weighted by Crippen LogP contribution is -2.35. The maximum Gasteiger partial charge on any atom is 0.456 e. The highest BCUT2D eigenvalue weighted by Crippen LogP contribution is 2.18. The Bertz CT molecular complexity index is 465. The third-order valence-corrected chi connectivity index (χ3v) is 1.82. The molecule has 0 fully saturated rings. The van der Waals surface area contributed by atoms with Crippen LogP contribution in [-0.4, -0.2) is 28.7 Å². The summed E-state index contributed by atoms with van der Waals surface area (Å²) in [6, 6.07) is 6.76. The Balaban J connectivity index is 3.07. The number of halogens is 3. The molecule has 0 atom stereocenters. The van der Waals surface area contributed by atoms with Crippen LogP contribution in [0.2, 0.25) is 0 Å². The van der Waals surface area contributed by atoms with E-state index in [9.17, 15) is 22.8 Å². The van der Waals surface area contributed by atoms with Crippen LogP contribution in [0, 0.1) is 0 Å². The lowest BCUT2D eigenvalue weighted by molar-refractivity contribution is -0.163. The van der Waals surface area contributed by atoms with Crippen molar-refractivity contribution in [1.29, 1.82) is 0 Å². The average Bonchev–Trinajstić information content (AvgIpc) is 2.29. The molecule has 0 unspecified atom stereocenters. The molecule has 4 nitrogen and oxygen atoms in total. The van der Waals surface area contributed by atoms with Gasteiger partial charge in [0.05, 0.1) is 0 Å². The fraction of sp³-hybridized carbons (Fsp3) is 0.100. The Morgan fingerprint density at radius 3 is 2.06 bits per heavy atom. The smallest absolute Gasteiger partial charge is 0.410 e. The number of benzene rings is 1. The molecule has 0 spiro atoms. The molecule has 0 aliphatic heterocycles. The summed E-state index contributed by atoms with van der Waals surface area (Å²) in [5.41, 5.74) is -1.72. The zero-order valence-corrected chi connectivity index (χ0v) is 8.23. The number of hydrogen-bond acceptors (Lipinski definition) is 4. The molecule has 7 heteroatoms. The number of hydrogen-bond donors (Lipinski definition) is 1. The van der Waals surface area contributed by atoms with Gasteiger partial charge in [0, 0.05) is 5.56 Å². The average molecular weight is 245 g/mol. The molecular formula is C10H6F3NO3. The molecule has 0 bridgehead atoms. The zero-order valence-electron chi connectivity index (χ0n) is 8.23. The Labute approximate surface area is 93.4 Å². The van der Waals surface area contributed by atoms with Crippen LogP contribution >= 0.6 is 0 Å². The van der Waals surface area contributed by atoms with E-state index in [-0.39, 0.29) is 5.56 Å². The molecule has 0 amide bonds. The van der Waals surface area contributed by atoms with Crippen LogP contribution in [0.25, 0.3) is 0 Å². The molecule has 0 radical (unpaired) electrons. The second-order valence-electron chi connectivity index (χ2n) is 2.97. The van der Waals surface area contributed by atoms with Gasteiger partial charge in [-0.15, -0.1) is 0 Å². The van der Waals surface area contributed by atoms with E-state index < -0.39 is 23.5 Å². The first-order chi connectivity index (χ1) is 7.88. The SMILES string of the molecule is O=C(/C(=N/O)C(=O)C(F)(F)F)c1ccccc1. The number of alkyl halides is 3. The quantitative estimate of drug-likeness (QED) is 0.290. The van der Waals surface area contributed by atoms with E-state index in [1.165, 1.54) is 30.3 Å². The van der Waals surface area contributed by atoms with E-state index in [1.807, 2.05) is 0 Å². The monoisotopic (exact) mass is 245 g/mol. The van der Waals surface area contributed by atoms with Crippen LogP contribution in [-0.2, 0) is 4.79 Å². The number of ketones is 2. The second kappa shape index (κ2) is 4.77. The summed E-state index contributed by atoms with van der Waals surface area (Å²) in [6.07, 6.45) is -5.26. The number of carbonyl (C=O) groups excluding carboxylic acids is 2. The minimum absolute atomic E-state index is 0.169. The van der Waals surface area contributed by atoms with Crippen LogP contribution in [0.15, 0.2) is 35.5 Å². The predicted octanol–water partition coefficient (Wildman–Crippen LogP) is 1.83. The van der Waals surface area contributed by atoms with E-state index in [0.717, 1.165) is 0 Å². The van der Waals surface area contributed by atoms with Crippen LogP contribution in [0.3, 0.4) is 0 Å². The molecule has 17 heavy (non-hydrogen) atoms. The second-order valence-corrected chi connectivity index (χ2v) is 2.97. The van der Waals surface area contributed by atoms with Crippen molar-refractivity contribution >= 4 is 17.3 Å². The van der Waals surface area contributed by atoms with Crippen molar-refractivity contribution in [1.82, 2.24) is 0 Å². The van der Waals surface area contributed by atoms with Gasteiger partial charge in [-0.3, -0.25) is 9.59 Å². The molecule has 0 heterocycles. The van der Waals surface area contributed by atoms with Gasteiger partial charge >= 0.3 is 6.18 Å². The largest absolute Gasteiger partial charge is 0.456 e. The van der Waals surface area contributed by atoms with Crippen molar-refractivity contribution in [3.8, 4) is 0 Å². The third kappa shape index (κ3) is 2.90. The van der Waals surface area contributed by atoms with E-state index in [2.05, 4.69) is 5.16 Å². The fourth-order valence-electron chi connectivity index (χ4n) is 1.05. The molecule has 0 aromatic heterocycles. The molecule has 0 aliphatic rings. The highest BCUT2D eigenvalue weighted by molar-refractivity contribution is 6.69. The number of nitrogens with zero attached hydrogens (tertiary/aromatic N) is 1. The minimum Gasteiger partial charge on any atom is -0.410 e. The summed E-state index contributed by atoms with van der Waals surface area (Å²) in [4.78, 5) is 22.2. The van der Waals surface area contributed by atoms with Gasteiger partial charge in [-0.1, -0.05) is 35.5 Å². The maximum absolute atomic E-state index is 12.1. The zero-order chi connectivity index (χ0) is 13.1. The molecule has 1 rings (SSSR count). The Hall–Kier alpha value is -2.18. The molecule has 1 N–H and O–H groups in total. The van der Waals surface area contributed by atoms with E-state index in [4.69, 9.17) is 5.21 Å². The van der Waals surface area contributed by atoms with Crippen molar-refractivity contribution in [2.24, 2.45) is 5.16 Å². The maximum atomic E-state index is 12.1.